The van der Waals surface area contributed by atoms with Crippen molar-refractivity contribution in [1.29, 1.82) is 0 Å². The zero-order valence-corrected chi connectivity index (χ0v) is 19.7. The molecule has 1 heterocycles. The normalized spacial score (nSPS) is 14.9. The third-order valence-corrected chi connectivity index (χ3v) is 6.08. The van der Waals surface area contributed by atoms with Crippen molar-refractivity contribution in [3.8, 4) is 0 Å². The van der Waals surface area contributed by atoms with Crippen molar-refractivity contribution in [2.45, 2.75) is 46.1 Å². The maximum atomic E-state index is 12.6. The number of amides is 3. The molecule has 7 nitrogen and oxygen atoms in total. The van der Waals surface area contributed by atoms with E-state index in [2.05, 4.69) is 22.9 Å². The minimum Gasteiger partial charge on any atom is -0.376 e. The second kappa shape index (κ2) is 11.5. The Morgan fingerprint density at radius 1 is 0.939 bits per heavy atom. The maximum absolute atomic E-state index is 12.6. The molecule has 3 rings (SSSR count). The van der Waals surface area contributed by atoms with Crippen LogP contribution in [0, 0.1) is 5.92 Å². The second-order valence-corrected chi connectivity index (χ2v) is 8.81. The van der Waals surface area contributed by atoms with Gasteiger partial charge in [-0.15, -0.1) is 0 Å². The first-order valence-corrected chi connectivity index (χ1v) is 11.7. The van der Waals surface area contributed by atoms with Crippen molar-refractivity contribution >= 4 is 29.1 Å². The molecule has 0 spiro atoms. The van der Waals surface area contributed by atoms with E-state index in [1.54, 1.807) is 48.5 Å². The van der Waals surface area contributed by atoms with E-state index in [4.69, 9.17) is 0 Å². The van der Waals surface area contributed by atoms with Crippen LogP contribution in [0.1, 0.15) is 60.7 Å². The molecule has 0 radical (unpaired) electrons. The molecule has 33 heavy (non-hydrogen) atoms. The summed E-state index contributed by atoms with van der Waals surface area (Å²) >= 11 is 0. The van der Waals surface area contributed by atoms with Crippen molar-refractivity contribution in [1.82, 2.24) is 10.2 Å². The Morgan fingerprint density at radius 3 is 2.12 bits per heavy atom. The minimum atomic E-state index is -0.197. The average Bonchev–Trinajstić information content (AvgIpc) is 2.83. The van der Waals surface area contributed by atoms with Crippen molar-refractivity contribution in [2.75, 3.05) is 30.3 Å². The summed E-state index contributed by atoms with van der Waals surface area (Å²) in [5.41, 5.74) is 2.61. The van der Waals surface area contributed by atoms with E-state index in [1.165, 1.54) is 0 Å². The predicted octanol–water partition coefficient (Wildman–Crippen LogP) is 4.14. The number of piperidine rings is 1. The third kappa shape index (κ3) is 7.07. The Balaban J connectivity index is 1.46. The first-order chi connectivity index (χ1) is 15.9. The molecule has 0 aliphatic carbocycles. The fourth-order valence-corrected chi connectivity index (χ4v) is 3.63. The van der Waals surface area contributed by atoms with Crippen LogP contribution in [0.4, 0.5) is 11.4 Å². The molecular weight excluding hydrogens is 416 g/mol. The van der Waals surface area contributed by atoms with E-state index in [1.807, 2.05) is 18.7 Å². The fourth-order valence-electron chi connectivity index (χ4n) is 3.63. The Bertz CT molecular complexity index is 949. The smallest absolute Gasteiger partial charge is 0.253 e. The van der Waals surface area contributed by atoms with Gasteiger partial charge in [0.1, 0.15) is 0 Å². The summed E-state index contributed by atoms with van der Waals surface area (Å²) in [6.45, 7) is 7.89. The lowest BCUT2D eigenvalue weighted by Crippen LogP contribution is -2.37. The second-order valence-electron chi connectivity index (χ2n) is 8.81. The summed E-state index contributed by atoms with van der Waals surface area (Å²) in [5, 5.41) is 8.81. The Labute approximate surface area is 195 Å². The van der Waals surface area contributed by atoms with E-state index < -0.39 is 0 Å². The number of hydrogen-bond acceptors (Lipinski definition) is 4. The molecule has 1 unspecified atom stereocenters. The van der Waals surface area contributed by atoms with Gasteiger partial charge >= 0.3 is 0 Å². The van der Waals surface area contributed by atoms with E-state index in [0.717, 1.165) is 38.0 Å². The standard InChI is InChI=1S/C26H34N4O3/c1-4-19(3)28-25(32)20-5-9-22(10-6-20)27-17-24(31)29-23-11-7-21(8-12-23)26(33)30-15-13-18(2)14-16-30/h5-12,18-19,27H,4,13-17H2,1-3H3,(H,28,32)(H,29,31). The van der Waals surface area contributed by atoms with Gasteiger partial charge in [-0.1, -0.05) is 13.8 Å². The van der Waals surface area contributed by atoms with Crippen LogP contribution in [-0.4, -0.2) is 48.3 Å². The van der Waals surface area contributed by atoms with Crippen LogP contribution in [0.3, 0.4) is 0 Å². The zero-order chi connectivity index (χ0) is 23.8. The zero-order valence-electron chi connectivity index (χ0n) is 19.7. The molecule has 0 saturated carbocycles. The monoisotopic (exact) mass is 450 g/mol. The highest BCUT2D eigenvalue weighted by atomic mass is 16.2. The molecule has 1 aliphatic rings. The van der Waals surface area contributed by atoms with Crippen molar-refractivity contribution in [2.24, 2.45) is 5.92 Å². The number of benzene rings is 2. The van der Waals surface area contributed by atoms with Crippen LogP contribution in [0.15, 0.2) is 48.5 Å². The van der Waals surface area contributed by atoms with Crippen molar-refractivity contribution in [3.05, 3.63) is 59.7 Å². The molecule has 3 amide bonds. The molecule has 7 heteroatoms. The van der Waals surface area contributed by atoms with Gasteiger partial charge in [0.2, 0.25) is 5.91 Å². The molecular formula is C26H34N4O3. The molecule has 0 aromatic heterocycles. The molecule has 0 bridgehead atoms. The number of carbonyl (C=O) groups is 3. The number of likely N-dealkylation sites (tertiary alicyclic amines) is 1. The van der Waals surface area contributed by atoms with E-state index >= 15 is 0 Å². The van der Waals surface area contributed by atoms with Gasteiger partial charge in [0.15, 0.2) is 0 Å². The summed E-state index contributed by atoms with van der Waals surface area (Å²) in [6, 6.07) is 14.2. The van der Waals surface area contributed by atoms with Crippen LogP contribution in [-0.2, 0) is 4.79 Å². The lowest BCUT2D eigenvalue weighted by Gasteiger charge is -2.30. The molecule has 1 atom stereocenters. The predicted molar refractivity (Wildman–Crippen MR) is 132 cm³/mol. The largest absolute Gasteiger partial charge is 0.376 e. The molecule has 176 valence electrons. The SMILES string of the molecule is CCC(C)NC(=O)c1ccc(NCC(=O)Nc2ccc(C(=O)N3CCC(C)CC3)cc2)cc1. The molecule has 1 saturated heterocycles. The average molecular weight is 451 g/mol. The number of anilines is 2. The highest BCUT2D eigenvalue weighted by Crippen LogP contribution is 2.19. The van der Waals surface area contributed by atoms with Gasteiger partial charge in [-0.05, 0) is 80.6 Å². The van der Waals surface area contributed by atoms with Gasteiger partial charge in [0.25, 0.3) is 11.8 Å². The minimum absolute atomic E-state index is 0.0442. The van der Waals surface area contributed by atoms with Crippen LogP contribution >= 0.6 is 0 Å². The van der Waals surface area contributed by atoms with Gasteiger partial charge in [0.05, 0.1) is 6.54 Å². The van der Waals surface area contributed by atoms with Crippen LogP contribution < -0.4 is 16.0 Å². The van der Waals surface area contributed by atoms with Crippen LogP contribution in [0.5, 0.6) is 0 Å². The number of rotatable bonds is 8. The molecule has 1 fully saturated rings. The third-order valence-electron chi connectivity index (χ3n) is 6.08. The Kier molecular flexibility index (Phi) is 8.46. The van der Waals surface area contributed by atoms with Gasteiger partial charge in [-0.3, -0.25) is 14.4 Å². The number of nitrogens with zero attached hydrogens (tertiary/aromatic N) is 1. The number of nitrogens with one attached hydrogen (secondary N) is 3. The summed E-state index contributed by atoms with van der Waals surface area (Å²) in [4.78, 5) is 39.0. The van der Waals surface area contributed by atoms with Crippen molar-refractivity contribution < 1.29 is 14.4 Å². The molecule has 2 aromatic rings. The van der Waals surface area contributed by atoms with Gasteiger partial charge < -0.3 is 20.9 Å². The van der Waals surface area contributed by atoms with Crippen LogP contribution in [0.2, 0.25) is 0 Å². The lowest BCUT2D eigenvalue weighted by molar-refractivity contribution is -0.114. The summed E-state index contributed by atoms with van der Waals surface area (Å²) in [5.74, 6) is 0.415. The molecule has 3 N–H and O–H groups in total. The number of carbonyl (C=O) groups excluding carboxylic acids is 3. The number of hydrogen-bond donors (Lipinski definition) is 3. The molecule has 1 aliphatic heterocycles. The van der Waals surface area contributed by atoms with E-state index in [9.17, 15) is 14.4 Å². The van der Waals surface area contributed by atoms with E-state index in [-0.39, 0.29) is 30.3 Å². The molecule has 2 aromatic carbocycles. The fraction of sp³-hybridized carbons (Fsp3) is 0.423. The summed E-state index contributed by atoms with van der Waals surface area (Å²) in [6.07, 6.45) is 2.96. The quantitative estimate of drug-likeness (QED) is 0.564. The van der Waals surface area contributed by atoms with E-state index in [0.29, 0.717) is 22.7 Å². The summed E-state index contributed by atoms with van der Waals surface area (Å²) in [7, 11) is 0. The Morgan fingerprint density at radius 2 is 1.52 bits per heavy atom. The van der Waals surface area contributed by atoms with Crippen LogP contribution in [0.25, 0.3) is 0 Å². The highest BCUT2D eigenvalue weighted by Gasteiger charge is 2.21. The summed E-state index contributed by atoms with van der Waals surface area (Å²) < 4.78 is 0. The Hall–Kier alpha value is -3.35. The first-order valence-electron chi connectivity index (χ1n) is 11.7. The van der Waals surface area contributed by atoms with Gasteiger partial charge in [-0.25, -0.2) is 0 Å². The van der Waals surface area contributed by atoms with Crippen molar-refractivity contribution in [3.63, 3.8) is 0 Å². The first kappa shape index (κ1) is 24.3. The highest BCUT2D eigenvalue weighted by molar-refractivity contribution is 5.97. The lowest BCUT2D eigenvalue weighted by atomic mass is 9.98. The van der Waals surface area contributed by atoms with Gasteiger partial charge in [-0.2, -0.15) is 0 Å². The topological polar surface area (TPSA) is 90.5 Å². The van der Waals surface area contributed by atoms with Gasteiger partial charge in [0, 0.05) is 41.6 Å². The maximum Gasteiger partial charge on any atom is 0.253 e.